The van der Waals surface area contributed by atoms with Crippen LogP contribution >= 0.6 is 12.2 Å². The molecule has 0 fully saturated rings. The van der Waals surface area contributed by atoms with Gasteiger partial charge in [-0.1, -0.05) is 0 Å². The molecule has 0 unspecified atom stereocenters. The van der Waals surface area contributed by atoms with Gasteiger partial charge < -0.3 is 4.74 Å². The van der Waals surface area contributed by atoms with Crippen molar-refractivity contribution in [2.75, 3.05) is 6.61 Å². The van der Waals surface area contributed by atoms with Gasteiger partial charge in [0, 0.05) is 0 Å². The van der Waals surface area contributed by atoms with Crippen LogP contribution in [0.2, 0.25) is 0 Å². The van der Waals surface area contributed by atoms with Gasteiger partial charge in [0.1, 0.15) is 11.6 Å². The standard InChI is InChI=1S/C3H3NOS/c4-1-2-5-3-6/h3H,2H2. The first kappa shape index (κ1) is 5.38. The first-order chi connectivity index (χ1) is 2.91. The molecule has 0 aromatic heterocycles. The molecular formula is C3H3NOS. The second kappa shape index (κ2) is 4.38. The van der Waals surface area contributed by atoms with E-state index in [0.29, 0.717) is 0 Å². The third-order valence-corrected chi connectivity index (χ3v) is 0.352. The molecule has 0 radical (unpaired) electrons. The van der Waals surface area contributed by atoms with Crippen LogP contribution in [-0.2, 0) is 4.74 Å². The maximum Gasteiger partial charge on any atom is 0.174 e. The number of hydrogen-bond acceptors (Lipinski definition) is 3. The first-order valence-electron chi connectivity index (χ1n) is 1.34. The SMILES string of the molecule is N#CCOC=S. The number of nitrogens with zero attached hydrogens (tertiary/aromatic N) is 1. The number of thiocarbonyl (C=S) groups is 1. The monoisotopic (exact) mass is 101 g/mol. The Kier molecular flexibility index (Phi) is 3.93. The Morgan fingerprint density at radius 1 is 2.00 bits per heavy atom. The number of hydrogen-bond donors (Lipinski definition) is 0. The Bertz CT molecular complexity index is 75.4. The Labute approximate surface area is 41.3 Å². The van der Waals surface area contributed by atoms with Crippen LogP contribution in [0, 0.1) is 11.3 Å². The lowest BCUT2D eigenvalue weighted by atomic mass is 10.8. The van der Waals surface area contributed by atoms with Crippen LogP contribution in [0.1, 0.15) is 0 Å². The summed E-state index contributed by atoms with van der Waals surface area (Å²) in [6.07, 6.45) is 0. The predicted octanol–water partition coefficient (Wildman–Crippen LogP) is 0.484. The summed E-state index contributed by atoms with van der Waals surface area (Å²) in [5.74, 6) is 0. The van der Waals surface area contributed by atoms with E-state index < -0.39 is 0 Å². The van der Waals surface area contributed by atoms with Crippen molar-refractivity contribution >= 4 is 17.8 Å². The lowest BCUT2D eigenvalue weighted by Crippen LogP contribution is -1.82. The van der Waals surface area contributed by atoms with Gasteiger partial charge in [-0.2, -0.15) is 5.26 Å². The molecule has 0 spiro atoms. The first-order valence-corrected chi connectivity index (χ1v) is 1.81. The van der Waals surface area contributed by atoms with Gasteiger partial charge in [-0.25, -0.2) is 0 Å². The van der Waals surface area contributed by atoms with Crippen LogP contribution < -0.4 is 0 Å². The van der Waals surface area contributed by atoms with E-state index in [4.69, 9.17) is 5.26 Å². The summed E-state index contributed by atoms with van der Waals surface area (Å²) in [6, 6.07) is 1.75. The summed E-state index contributed by atoms with van der Waals surface area (Å²) < 4.78 is 4.31. The molecule has 0 amide bonds. The van der Waals surface area contributed by atoms with Gasteiger partial charge in [0.25, 0.3) is 0 Å². The molecular weight excluding hydrogens is 98.1 g/mol. The summed E-state index contributed by atoms with van der Waals surface area (Å²) in [5.41, 5.74) is 1.07. The zero-order valence-corrected chi connectivity index (χ0v) is 3.86. The van der Waals surface area contributed by atoms with Crippen LogP contribution in [0.5, 0.6) is 0 Å². The fraction of sp³-hybridized carbons (Fsp3) is 0.333. The van der Waals surface area contributed by atoms with E-state index in [0.717, 1.165) is 5.55 Å². The van der Waals surface area contributed by atoms with Gasteiger partial charge in [-0.3, -0.25) is 0 Å². The predicted molar refractivity (Wildman–Crippen MR) is 25.2 cm³/mol. The van der Waals surface area contributed by atoms with Crippen molar-refractivity contribution in [3.63, 3.8) is 0 Å². The molecule has 0 aliphatic heterocycles. The highest BCUT2D eigenvalue weighted by Crippen LogP contribution is 1.60. The molecule has 0 aliphatic carbocycles. The van der Waals surface area contributed by atoms with Crippen molar-refractivity contribution in [1.29, 1.82) is 5.26 Å². The minimum absolute atomic E-state index is 0.0590. The van der Waals surface area contributed by atoms with Gasteiger partial charge in [-0.15, -0.1) is 0 Å². The Morgan fingerprint density at radius 3 is 2.83 bits per heavy atom. The number of rotatable bonds is 2. The van der Waals surface area contributed by atoms with E-state index in [2.05, 4.69) is 17.0 Å². The molecule has 0 rings (SSSR count). The summed E-state index contributed by atoms with van der Waals surface area (Å²) >= 11 is 4.22. The van der Waals surface area contributed by atoms with Crippen LogP contribution in [0.4, 0.5) is 0 Å². The minimum atomic E-state index is 0.0590. The quantitative estimate of drug-likeness (QED) is 0.374. The van der Waals surface area contributed by atoms with Gasteiger partial charge in [0.15, 0.2) is 6.61 Å². The molecule has 3 heteroatoms. The molecule has 2 nitrogen and oxygen atoms in total. The van der Waals surface area contributed by atoms with Crippen molar-refractivity contribution in [3.05, 3.63) is 0 Å². The van der Waals surface area contributed by atoms with Gasteiger partial charge >= 0.3 is 0 Å². The normalized spacial score (nSPS) is 5.83. The Balaban J connectivity index is 2.72. The van der Waals surface area contributed by atoms with E-state index in [1.165, 1.54) is 0 Å². The van der Waals surface area contributed by atoms with E-state index in [-0.39, 0.29) is 6.61 Å². The Morgan fingerprint density at radius 2 is 2.67 bits per heavy atom. The fourth-order valence-electron chi connectivity index (χ4n) is 0.0713. The maximum atomic E-state index is 7.76. The minimum Gasteiger partial charge on any atom is -0.475 e. The fourth-order valence-corrected chi connectivity index (χ4v) is 0.139. The molecule has 0 saturated carbocycles. The smallest absolute Gasteiger partial charge is 0.174 e. The number of nitriles is 1. The third kappa shape index (κ3) is 3.38. The van der Waals surface area contributed by atoms with Crippen molar-refractivity contribution in [2.45, 2.75) is 0 Å². The van der Waals surface area contributed by atoms with Crippen LogP contribution in [0.25, 0.3) is 0 Å². The second-order valence-corrected chi connectivity index (χ2v) is 0.758. The Hall–Kier alpha value is -0.620. The van der Waals surface area contributed by atoms with E-state index >= 15 is 0 Å². The molecule has 32 valence electrons. The third-order valence-electron chi connectivity index (χ3n) is 0.216. The molecule has 0 heterocycles. The average molecular weight is 101 g/mol. The lowest BCUT2D eigenvalue weighted by molar-refractivity contribution is 0.382. The molecule has 0 N–H and O–H groups in total. The highest BCUT2D eigenvalue weighted by atomic mass is 32.1. The highest BCUT2D eigenvalue weighted by Gasteiger charge is 1.66. The summed E-state index contributed by atoms with van der Waals surface area (Å²) in [7, 11) is 0. The van der Waals surface area contributed by atoms with Crippen molar-refractivity contribution in [2.24, 2.45) is 0 Å². The summed E-state index contributed by atoms with van der Waals surface area (Å²) in [4.78, 5) is 0. The molecule has 6 heavy (non-hydrogen) atoms. The van der Waals surface area contributed by atoms with E-state index in [9.17, 15) is 0 Å². The molecule has 0 saturated heterocycles. The summed E-state index contributed by atoms with van der Waals surface area (Å²) in [6.45, 7) is 0.0590. The van der Waals surface area contributed by atoms with Crippen LogP contribution in [0.3, 0.4) is 0 Å². The van der Waals surface area contributed by atoms with E-state index in [1.54, 1.807) is 6.07 Å². The average Bonchev–Trinajstić information content (AvgIpc) is 1.61. The number of ether oxygens (including phenoxy) is 1. The molecule has 0 bridgehead atoms. The molecule has 0 aliphatic rings. The van der Waals surface area contributed by atoms with Crippen molar-refractivity contribution in [1.82, 2.24) is 0 Å². The van der Waals surface area contributed by atoms with Crippen LogP contribution in [-0.4, -0.2) is 12.2 Å². The zero-order valence-electron chi connectivity index (χ0n) is 3.05. The maximum absolute atomic E-state index is 7.76. The van der Waals surface area contributed by atoms with Crippen molar-refractivity contribution in [3.8, 4) is 6.07 Å². The van der Waals surface area contributed by atoms with Crippen molar-refractivity contribution < 1.29 is 4.74 Å². The van der Waals surface area contributed by atoms with Gasteiger partial charge in [0.05, 0.1) is 0 Å². The largest absolute Gasteiger partial charge is 0.475 e. The summed E-state index contributed by atoms with van der Waals surface area (Å²) in [5, 5.41) is 7.76. The zero-order chi connectivity index (χ0) is 4.83. The van der Waals surface area contributed by atoms with Crippen LogP contribution in [0.15, 0.2) is 0 Å². The van der Waals surface area contributed by atoms with Gasteiger partial charge in [0.2, 0.25) is 0 Å². The second-order valence-electron chi connectivity index (χ2n) is 0.565. The molecule has 0 aromatic rings. The van der Waals surface area contributed by atoms with Gasteiger partial charge in [-0.05, 0) is 12.2 Å². The highest BCUT2D eigenvalue weighted by molar-refractivity contribution is 7.78. The lowest BCUT2D eigenvalue weighted by Gasteiger charge is -1.80. The molecule has 0 aromatic carbocycles. The van der Waals surface area contributed by atoms with E-state index in [1.807, 2.05) is 0 Å². The topological polar surface area (TPSA) is 33.0 Å². The molecule has 0 atom stereocenters.